The third kappa shape index (κ3) is 18.5. The minimum atomic E-state index is 1.10. The average molecular weight is 219 g/mol. The summed E-state index contributed by atoms with van der Waals surface area (Å²) < 4.78 is 0. The molecule has 90 valence electrons. The van der Waals surface area contributed by atoms with Crippen molar-refractivity contribution in [2.45, 2.75) is 53.4 Å². The maximum absolute atomic E-state index is 7.32. The van der Waals surface area contributed by atoms with Crippen molar-refractivity contribution < 1.29 is 0 Å². The highest BCUT2D eigenvalue weighted by Crippen LogP contribution is 2.03. The molecule has 0 saturated carbocycles. The lowest BCUT2D eigenvalue weighted by Gasteiger charge is -1.86. The third-order valence-corrected chi connectivity index (χ3v) is 1.89. The molecule has 0 aromatic rings. The lowest BCUT2D eigenvalue weighted by molar-refractivity contribution is 0.772. The summed E-state index contributed by atoms with van der Waals surface area (Å²) in [5.41, 5.74) is 1.43. The SMILES string of the molecule is CC#N.CC1=CC=CC=CC1.CCCCC. The average Bonchev–Trinajstić information content (AvgIpc) is 2.49. The van der Waals surface area contributed by atoms with Gasteiger partial charge in [0.25, 0.3) is 0 Å². The molecule has 1 heteroatoms. The first-order valence-corrected chi connectivity index (χ1v) is 6.02. The maximum atomic E-state index is 7.32. The molecule has 1 aliphatic carbocycles. The van der Waals surface area contributed by atoms with Gasteiger partial charge in [-0.15, -0.1) is 0 Å². The van der Waals surface area contributed by atoms with Crippen LogP contribution in [0.2, 0.25) is 0 Å². The van der Waals surface area contributed by atoms with Crippen LogP contribution in [-0.4, -0.2) is 0 Å². The molecule has 0 aromatic carbocycles. The number of allylic oxidation sites excluding steroid dienone is 6. The van der Waals surface area contributed by atoms with E-state index in [1.165, 1.54) is 31.8 Å². The van der Waals surface area contributed by atoms with E-state index < -0.39 is 0 Å². The number of rotatable bonds is 2. The first-order valence-electron chi connectivity index (χ1n) is 6.02. The molecule has 0 spiro atoms. The van der Waals surface area contributed by atoms with Gasteiger partial charge in [-0.3, -0.25) is 0 Å². The van der Waals surface area contributed by atoms with Crippen molar-refractivity contribution in [3.05, 3.63) is 36.0 Å². The largest absolute Gasteiger partial charge is 0.199 e. The van der Waals surface area contributed by atoms with Gasteiger partial charge in [-0.1, -0.05) is 69.1 Å². The molecule has 0 aromatic heterocycles. The van der Waals surface area contributed by atoms with Crippen LogP contribution in [0.15, 0.2) is 36.0 Å². The summed E-state index contributed by atoms with van der Waals surface area (Å²) in [6, 6.07) is 1.75. The normalized spacial score (nSPS) is 12.1. The van der Waals surface area contributed by atoms with E-state index in [-0.39, 0.29) is 0 Å². The third-order valence-electron chi connectivity index (χ3n) is 1.89. The monoisotopic (exact) mass is 219 g/mol. The lowest BCUT2D eigenvalue weighted by atomic mass is 10.2. The van der Waals surface area contributed by atoms with E-state index in [2.05, 4.69) is 51.2 Å². The maximum Gasteiger partial charge on any atom is 0.0587 e. The number of unbranched alkanes of at least 4 members (excludes halogenated alkanes) is 2. The fraction of sp³-hybridized carbons (Fsp3) is 0.533. The Morgan fingerprint density at radius 2 is 1.75 bits per heavy atom. The molecule has 1 aliphatic rings. The lowest BCUT2D eigenvalue weighted by Crippen LogP contribution is -1.66. The summed E-state index contributed by atoms with van der Waals surface area (Å²) in [6.07, 6.45) is 15.7. The van der Waals surface area contributed by atoms with Gasteiger partial charge in [0, 0.05) is 6.92 Å². The molecule has 16 heavy (non-hydrogen) atoms. The molecular formula is C15H25N. The Balaban J connectivity index is 0. The van der Waals surface area contributed by atoms with Crippen molar-refractivity contribution >= 4 is 0 Å². The van der Waals surface area contributed by atoms with Gasteiger partial charge in [-0.2, -0.15) is 5.26 Å². The van der Waals surface area contributed by atoms with Gasteiger partial charge >= 0.3 is 0 Å². The molecule has 0 aliphatic heterocycles. The molecule has 0 heterocycles. The quantitative estimate of drug-likeness (QED) is 0.628. The molecule has 0 N–H and O–H groups in total. The van der Waals surface area contributed by atoms with Crippen LogP contribution < -0.4 is 0 Å². The van der Waals surface area contributed by atoms with Crippen LogP contribution in [0, 0.1) is 11.3 Å². The fourth-order valence-electron chi connectivity index (χ4n) is 1.04. The van der Waals surface area contributed by atoms with Gasteiger partial charge in [-0.25, -0.2) is 0 Å². The van der Waals surface area contributed by atoms with Crippen molar-refractivity contribution in [1.29, 1.82) is 5.26 Å². The molecule has 1 rings (SSSR count). The predicted molar refractivity (Wildman–Crippen MR) is 73.1 cm³/mol. The highest BCUT2D eigenvalue weighted by Gasteiger charge is 1.83. The summed E-state index contributed by atoms with van der Waals surface area (Å²) in [5, 5.41) is 7.32. The second-order valence-corrected chi connectivity index (χ2v) is 3.61. The first kappa shape index (κ1) is 17.1. The summed E-state index contributed by atoms with van der Waals surface area (Å²) in [5.74, 6) is 0. The Morgan fingerprint density at radius 1 is 1.19 bits per heavy atom. The molecule has 0 bridgehead atoms. The molecule has 0 radical (unpaired) electrons. The minimum absolute atomic E-state index is 1.10. The first-order chi connectivity index (χ1) is 7.72. The number of nitrogens with zero attached hydrogens (tertiary/aromatic N) is 1. The summed E-state index contributed by atoms with van der Waals surface area (Å²) in [4.78, 5) is 0. The minimum Gasteiger partial charge on any atom is -0.199 e. The van der Waals surface area contributed by atoms with Crippen LogP contribution in [0.4, 0.5) is 0 Å². The fourth-order valence-corrected chi connectivity index (χ4v) is 1.04. The van der Waals surface area contributed by atoms with Crippen molar-refractivity contribution in [2.24, 2.45) is 0 Å². The zero-order valence-corrected chi connectivity index (χ0v) is 11.2. The van der Waals surface area contributed by atoms with E-state index >= 15 is 0 Å². The Morgan fingerprint density at radius 3 is 2.19 bits per heavy atom. The molecule has 1 nitrogen and oxygen atoms in total. The van der Waals surface area contributed by atoms with E-state index in [4.69, 9.17) is 5.26 Å². The summed E-state index contributed by atoms with van der Waals surface area (Å²) in [7, 11) is 0. The van der Waals surface area contributed by atoms with E-state index in [9.17, 15) is 0 Å². The Kier molecular flexibility index (Phi) is 17.3. The van der Waals surface area contributed by atoms with Gasteiger partial charge in [0.2, 0.25) is 0 Å². The number of hydrogen-bond acceptors (Lipinski definition) is 1. The Bertz CT molecular complexity index is 249. The van der Waals surface area contributed by atoms with E-state index in [1.807, 2.05) is 0 Å². The van der Waals surface area contributed by atoms with E-state index in [1.54, 1.807) is 6.07 Å². The van der Waals surface area contributed by atoms with Crippen LogP contribution in [0.1, 0.15) is 53.4 Å². The van der Waals surface area contributed by atoms with Crippen LogP contribution in [0.3, 0.4) is 0 Å². The second kappa shape index (κ2) is 16.2. The molecule has 0 amide bonds. The van der Waals surface area contributed by atoms with Gasteiger partial charge in [-0.05, 0) is 13.3 Å². The predicted octanol–water partition coefficient (Wildman–Crippen LogP) is 5.18. The topological polar surface area (TPSA) is 23.8 Å². The van der Waals surface area contributed by atoms with E-state index in [0.717, 1.165) is 6.42 Å². The smallest absolute Gasteiger partial charge is 0.0587 e. The van der Waals surface area contributed by atoms with Crippen molar-refractivity contribution in [3.8, 4) is 6.07 Å². The zero-order chi connectivity index (χ0) is 12.6. The summed E-state index contributed by atoms with van der Waals surface area (Å²) in [6.45, 7) is 7.99. The van der Waals surface area contributed by atoms with Crippen LogP contribution in [-0.2, 0) is 0 Å². The number of nitriles is 1. The Hall–Kier alpha value is -1.29. The van der Waals surface area contributed by atoms with E-state index in [0.29, 0.717) is 0 Å². The van der Waals surface area contributed by atoms with Gasteiger partial charge < -0.3 is 0 Å². The second-order valence-electron chi connectivity index (χ2n) is 3.61. The molecular weight excluding hydrogens is 194 g/mol. The summed E-state index contributed by atoms with van der Waals surface area (Å²) >= 11 is 0. The standard InChI is InChI=1S/C8H10.C5H12.C2H3N/c1-8-6-4-2-3-5-7-8;1-3-5-4-2;1-2-3/h2-6H,7H2,1H3;3-5H2,1-2H3;1H3. The van der Waals surface area contributed by atoms with Crippen molar-refractivity contribution in [2.75, 3.05) is 0 Å². The molecule has 0 saturated heterocycles. The van der Waals surface area contributed by atoms with Gasteiger partial charge in [0.1, 0.15) is 0 Å². The molecule has 0 atom stereocenters. The van der Waals surface area contributed by atoms with Crippen LogP contribution >= 0.6 is 0 Å². The van der Waals surface area contributed by atoms with Crippen LogP contribution in [0.25, 0.3) is 0 Å². The van der Waals surface area contributed by atoms with Crippen molar-refractivity contribution in [1.82, 2.24) is 0 Å². The zero-order valence-electron chi connectivity index (χ0n) is 11.2. The molecule has 0 fully saturated rings. The Labute approximate surface area is 101 Å². The van der Waals surface area contributed by atoms with Crippen molar-refractivity contribution in [3.63, 3.8) is 0 Å². The highest BCUT2D eigenvalue weighted by molar-refractivity contribution is 5.21. The highest BCUT2D eigenvalue weighted by atomic mass is 14.2. The number of hydrogen-bond donors (Lipinski definition) is 0. The molecule has 0 unspecified atom stereocenters. The van der Waals surface area contributed by atoms with Gasteiger partial charge in [0.05, 0.1) is 6.07 Å². The van der Waals surface area contributed by atoms with Gasteiger partial charge in [0.15, 0.2) is 0 Å². The van der Waals surface area contributed by atoms with Crippen LogP contribution in [0.5, 0.6) is 0 Å².